The Hall–Kier alpha value is -4.13. The third-order valence-corrected chi connectivity index (χ3v) is 4.38. The Morgan fingerprint density at radius 2 is 1.34 bits per heavy atom. The first-order chi connectivity index (χ1) is 14.2. The monoisotopic (exact) mass is 383 g/mol. The fourth-order valence-corrected chi connectivity index (χ4v) is 2.85. The van der Waals surface area contributed by atoms with Crippen LogP contribution < -0.4 is 21.5 Å². The number of nitrogens with two attached hydrogens (primary N) is 1. The van der Waals surface area contributed by atoms with Gasteiger partial charge in [0.2, 0.25) is 0 Å². The first kappa shape index (κ1) is 18.2. The predicted octanol–water partition coefficient (Wildman–Crippen LogP) is 4.67. The third-order valence-electron chi connectivity index (χ3n) is 4.38. The number of pyridine rings is 1. The molecule has 144 valence electrons. The average molecular weight is 383 g/mol. The molecule has 0 fully saturated rings. The van der Waals surface area contributed by atoms with E-state index in [1.54, 1.807) is 6.20 Å². The number of aryl methyl sites for hydroxylation is 1. The summed E-state index contributed by atoms with van der Waals surface area (Å²) in [4.78, 5) is 13.0. The van der Waals surface area contributed by atoms with Crippen LogP contribution in [-0.4, -0.2) is 15.0 Å². The van der Waals surface area contributed by atoms with E-state index in [0.717, 1.165) is 16.9 Å². The quantitative estimate of drug-likeness (QED) is 0.417. The molecular formula is C22H21N7. The van der Waals surface area contributed by atoms with E-state index in [4.69, 9.17) is 5.73 Å². The highest BCUT2D eigenvalue weighted by Gasteiger charge is 2.15. The molecule has 0 amide bonds. The van der Waals surface area contributed by atoms with Crippen molar-refractivity contribution in [2.24, 2.45) is 0 Å². The fraction of sp³-hybridized carbons (Fsp3) is 0.0455. The number of aromatic nitrogens is 3. The number of hydrogen-bond acceptors (Lipinski definition) is 7. The summed E-state index contributed by atoms with van der Waals surface area (Å²) in [6.45, 7) is 1.97. The van der Waals surface area contributed by atoms with Crippen molar-refractivity contribution in [3.63, 3.8) is 0 Å². The lowest BCUT2D eigenvalue weighted by Crippen LogP contribution is -2.26. The second-order valence-corrected chi connectivity index (χ2v) is 6.40. The average Bonchev–Trinajstić information content (AvgIpc) is 2.77. The molecule has 0 atom stereocenters. The van der Waals surface area contributed by atoms with Gasteiger partial charge in [0.25, 0.3) is 0 Å². The maximum atomic E-state index is 6.38. The highest BCUT2D eigenvalue weighted by Crippen LogP contribution is 2.30. The highest BCUT2D eigenvalue weighted by atomic mass is 15.5. The lowest BCUT2D eigenvalue weighted by molar-refractivity contribution is 1.09. The zero-order valence-corrected chi connectivity index (χ0v) is 15.9. The van der Waals surface area contributed by atoms with Crippen LogP contribution in [0.15, 0.2) is 85.3 Å². The van der Waals surface area contributed by atoms with Gasteiger partial charge in [0.05, 0.1) is 11.4 Å². The number of nitrogen functional groups attached to an aromatic ring is 1. The van der Waals surface area contributed by atoms with Crippen LogP contribution in [0.2, 0.25) is 0 Å². The second-order valence-electron chi connectivity index (χ2n) is 6.40. The highest BCUT2D eigenvalue weighted by molar-refractivity contribution is 5.80. The number of benzene rings is 2. The fourth-order valence-electron chi connectivity index (χ4n) is 2.85. The van der Waals surface area contributed by atoms with E-state index in [-0.39, 0.29) is 0 Å². The Bertz CT molecular complexity index is 1050. The van der Waals surface area contributed by atoms with E-state index in [1.807, 2.05) is 84.7 Å². The van der Waals surface area contributed by atoms with Gasteiger partial charge < -0.3 is 11.1 Å². The molecule has 0 unspecified atom stereocenters. The molecule has 0 aliphatic heterocycles. The van der Waals surface area contributed by atoms with Gasteiger partial charge in [-0.15, -0.1) is 0 Å². The molecule has 7 nitrogen and oxygen atoms in total. The summed E-state index contributed by atoms with van der Waals surface area (Å²) in [6, 6.07) is 23.8. The number of nitrogens with zero attached hydrogens (tertiary/aromatic N) is 4. The first-order valence-corrected chi connectivity index (χ1v) is 9.18. The molecule has 7 heteroatoms. The van der Waals surface area contributed by atoms with Crippen LogP contribution >= 0.6 is 0 Å². The van der Waals surface area contributed by atoms with Crippen molar-refractivity contribution >= 4 is 34.5 Å². The summed E-state index contributed by atoms with van der Waals surface area (Å²) in [7, 11) is 0. The van der Waals surface area contributed by atoms with Crippen LogP contribution in [0, 0.1) is 6.92 Å². The van der Waals surface area contributed by atoms with Crippen molar-refractivity contribution in [3.05, 3.63) is 90.9 Å². The third kappa shape index (κ3) is 4.08. The largest absolute Gasteiger partial charge is 0.393 e. The summed E-state index contributed by atoms with van der Waals surface area (Å²) in [5.41, 5.74) is 13.0. The van der Waals surface area contributed by atoms with E-state index in [1.165, 1.54) is 6.33 Å². The van der Waals surface area contributed by atoms with Crippen LogP contribution in [0.5, 0.6) is 0 Å². The number of hydrogen-bond donors (Lipinski definition) is 3. The van der Waals surface area contributed by atoms with Gasteiger partial charge in [-0.2, -0.15) is 0 Å². The molecule has 2 aromatic carbocycles. The Labute approximate surface area is 169 Å². The van der Waals surface area contributed by atoms with Gasteiger partial charge in [-0.3, -0.25) is 10.4 Å². The Balaban J connectivity index is 1.67. The van der Waals surface area contributed by atoms with E-state index in [0.29, 0.717) is 23.1 Å². The van der Waals surface area contributed by atoms with E-state index in [9.17, 15) is 0 Å². The van der Waals surface area contributed by atoms with Crippen LogP contribution in [0.1, 0.15) is 5.56 Å². The van der Waals surface area contributed by atoms with Crippen molar-refractivity contribution in [1.82, 2.24) is 15.0 Å². The first-order valence-electron chi connectivity index (χ1n) is 9.18. The smallest absolute Gasteiger partial charge is 0.173 e. The molecule has 0 aliphatic carbocycles. The summed E-state index contributed by atoms with van der Waals surface area (Å²) < 4.78 is 0. The summed E-state index contributed by atoms with van der Waals surface area (Å²) >= 11 is 0. The van der Waals surface area contributed by atoms with Crippen molar-refractivity contribution in [2.75, 3.05) is 21.5 Å². The standard InChI is InChI=1S/C22H21N7/c1-16-9-8-14-24-20(16)27-21-19(23)22(26-15-25-21)28-29(17-10-4-2-5-11-17)18-12-6-3-7-13-18/h2-15H,23H2,1H3,(H2,24,25,26,27,28). The van der Waals surface area contributed by atoms with Gasteiger partial charge in [-0.05, 0) is 42.8 Å². The molecule has 4 N–H and O–H groups in total. The number of para-hydroxylation sites is 2. The van der Waals surface area contributed by atoms with Crippen LogP contribution in [-0.2, 0) is 0 Å². The van der Waals surface area contributed by atoms with Gasteiger partial charge in [0.1, 0.15) is 17.8 Å². The van der Waals surface area contributed by atoms with Gasteiger partial charge in [-0.1, -0.05) is 42.5 Å². The summed E-state index contributed by atoms with van der Waals surface area (Å²) in [6.07, 6.45) is 3.19. The Morgan fingerprint density at radius 1 is 0.724 bits per heavy atom. The number of rotatable bonds is 6. The van der Waals surface area contributed by atoms with Gasteiger partial charge in [0, 0.05) is 6.20 Å². The van der Waals surface area contributed by atoms with Gasteiger partial charge in [-0.25, -0.2) is 15.0 Å². The lowest BCUT2D eigenvalue weighted by Gasteiger charge is -2.26. The zero-order valence-electron chi connectivity index (χ0n) is 15.9. The molecule has 0 saturated heterocycles. The molecule has 4 rings (SSSR count). The summed E-state index contributed by atoms with van der Waals surface area (Å²) in [5, 5.41) is 5.11. The normalized spacial score (nSPS) is 10.4. The number of hydrazine groups is 1. The zero-order chi connectivity index (χ0) is 20.1. The topological polar surface area (TPSA) is 92.0 Å². The maximum absolute atomic E-state index is 6.38. The SMILES string of the molecule is Cc1cccnc1Nc1ncnc(NN(c2ccccc2)c2ccccc2)c1N. The minimum absolute atomic E-state index is 0.398. The van der Waals surface area contributed by atoms with Crippen molar-refractivity contribution < 1.29 is 0 Å². The number of nitrogens with one attached hydrogen (secondary N) is 2. The molecule has 2 aromatic heterocycles. The molecule has 2 heterocycles. The minimum Gasteiger partial charge on any atom is -0.393 e. The van der Waals surface area contributed by atoms with Crippen molar-refractivity contribution in [2.45, 2.75) is 6.92 Å². The molecule has 0 saturated carbocycles. The van der Waals surface area contributed by atoms with Crippen LogP contribution in [0.4, 0.5) is 34.5 Å². The Kier molecular flexibility index (Phi) is 5.20. The Morgan fingerprint density at radius 3 is 1.97 bits per heavy atom. The van der Waals surface area contributed by atoms with Crippen LogP contribution in [0.3, 0.4) is 0 Å². The van der Waals surface area contributed by atoms with Crippen molar-refractivity contribution in [1.29, 1.82) is 0 Å². The molecule has 4 aromatic rings. The van der Waals surface area contributed by atoms with E-state index >= 15 is 0 Å². The van der Waals surface area contributed by atoms with Gasteiger partial charge in [0.15, 0.2) is 11.6 Å². The molecule has 29 heavy (non-hydrogen) atoms. The maximum Gasteiger partial charge on any atom is 0.173 e. The van der Waals surface area contributed by atoms with E-state index < -0.39 is 0 Å². The lowest BCUT2D eigenvalue weighted by atomic mass is 10.2. The van der Waals surface area contributed by atoms with Gasteiger partial charge >= 0.3 is 0 Å². The molecule has 0 bridgehead atoms. The molecule has 0 spiro atoms. The number of anilines is 6. The van der Waals surface area contributed by atoms with Crippen LogP contribution in [0.25, 0.3) is 0 Å². The molecule has 0 aliphatic rings. The molecular weight excluding hydrogens is 362 g/mol. The van der Waals surface area contributed by atoms with E-state index in [2.05, 4.69) is 25.7 Å². The second kappa shape index (κ2) is 8.26. The predicted molar refractivity (Wildman–Crippen MR) is 117 cm³/mol. The summed E-state index contributed by atoms with van der Waals surface area (Å²) in [5.74, 6) is 1.68. The molecule has 0 radical (unpaired) electrons. The minimum atomic E-state index is 0.398. The van der Waals surface area contributed by atoms with Crippen molar-refractivity contribution in [3.8, 4) is 0 Å².